The number of nitrogens with one attached hydrogen (secondary N) is 1. The molecule has 0 radical (unpaired) electrons. The predicted octanol–water partition coefficient (Wildman–Crippen LogP) is 4.46. The first-order valence-electron chi connectivity index (χ1n) is 9.17. The van der Waals surface area contributed by atoms with Gasteiger partial charge in [-0.15, -0.1) is 0 Å². The Labute approximate surface area is 169 Å². The van der Waals surface area contributed by atoms with Gasteiger partial charge in [0.05, 0.1) is 29.0 Å². The predicted molar refractivity (Wildman–Crippen MR) is 112 cm³/mol. The largest absolute Gasteiger partial charge is 0.462 e. The molecular formula is C22H23ClN2O3. The maximum atomic E-state index is 12.4. The molecule has 2 N–H and O–H groups in total. The molecule has 0 saturated heterocycles. The zero-order chi connectivity index (χ0) is 19.9. The number of nitrogens with zero attached hydrogens (tertiary/aromatic N) is 1. The van der Waals surface area contributed by atoms with E-state index in [0.29, 0.717) is 30.3 Å². The molecule has 0 amide bonds. The molecule has 0 aliphatic rings. The van der Waals surface area contributed by atoms with E-state index in [4.69, 9.17) is 16.3 Å². The third kappa shape index (κ3) is 4.94. The van der Waals surface area contributed by atoms with Crippen molar-refractivity contribution in [2.24, 2.45) is 0 Å². The van der Waals surface area contributed by atoms with Crippen LogP contribution in [-0.4, -0.2) is 34.9 Å². The lowest BCUT2D eigenvalue weighted by Gasteiger charge is -2.14. The second kappa shape index (κ2) is 9.44. The molecule has 0 aliphatic heterocycles. The zero-order valence-electron chi connectivity index (χ0n) is 15.6. The Bertz CT molecular complexity index is 925. The summed E-state index contributed by atoms with van der Waals surface area (Å²) in [6.45, 7) is 2.75. The molecular weight excluding hydrogens is 376 g/mol. The van der Waals surface area contributed by atoms with Crippen molar-refractivity contribution in [3.8, 4) is 11.1 Å². The Hall–Kier alpha value is -2.76. The minimum atomic E-state index is -0.664. The Balaban J connectivity index is 1.74. The fourth-order valence-corrected chi connectivity index (χ4v) is 3.18. The van der Waals surface area contributed by atoms with E-state index in [0.717, 1.165) is 16.8 Å². The highest BCUT2D eigenvalue weighted by molar-refractivity contribution is 6.33. The van der Waals surface area contributed by atoms with Crippen LogP contribution in [0.25, 0.3) is 11.1 Å². The topological polar surface area (TPSA) is 63.5 Å². The van der Waals surface area contributed by atoms with Gasteiger partial charge in [0.15, 0.2) is 0 Å². The van der Waals surface area contributed by atoms with Gasteiger partial charge in [-0.25, -0.2) is 4.79 Å². The highest BCUT2D eigenvalue weighted by Gasteiger charge is 2.18. The standard InChI is InChI=1S/C22H23ClN2O3/c1-2-28-22(27)19-15-25(14-18(19)16-8-4-3-5-9-16)13-17(26)12-24-21-11-7-6-10-20(21)23/h3-11,14-15,17,24,26H,2,12-13H2,1H3. The molecule has 2 aromatic carbocycles. The van der Waals surface area contributed by atoms with E-state index < -0.39 is 6.10 Å². The second-order valence-electron chi connectivity index (χ2n) is 6.38. The summed E-state index contributed by atoms with van der Waals surface area (Å²) in [5, 5.41) is 14.2. The van der Waals surface area contributed by atoms with Crippen LogP contribution in [0.4, 0.5) is 5.69 Å². The Kier molecular flexibility index (Phi) is 6.74. The number of carbonyl (C=O) groups is 1. The van der Waals surface area contributed by atoms with Gasteiger partial charge in [-0.1, -0.05) is 54.1 Å². The molecule has 3 aromatic rings. The lowest BCUT2D eigenvalue weighted by molar-refractivity contribution is 0.0527. The molecule has 1 aromatic heterocycles. The highest BCUT2D eigenvalue weighted by atomic mass is 35.5. The van der Waals surface area contributed by atoms with Gasteiger partial charge >= 0.3 is 5.97 Å². The van der Waals surface area contributed by atoms with Crippen molar-refractivity contribution < 1.29 is 14.6 Å². The second-order valence-corrected chi connectivity index (χ2v) is 6.79. The Morgan fingerprint density at radius 3 is 2.57 bits per heavy atom. The molecule has 0 fully saturated rings. The Morgan fingerprint density at radius 2 is 1.86 bits per heavy atom. The number of ether oxygens (including phenoxy) is 1. The molecule has 6 heteroatoms. The fourth-order valence-electron chi connectivity index (χ4n) is 2.97. The fraction of sp³-hybridized carbons (Fsp3) is 0.227. The number of aliphatic hydroxyl groups is 1. The lowest BCUT2D eigenvalue weighted by atomic mass is 10.1. The number of para-hydroxylation sites is 1. The van der Waals surface area contributed by atoms with Crippen molar-refractivity contribution in [3.63, 3.8) is 0 Å². The number of aromatic nitrogens is 1. The molecule has 3 rings (SSSR count). The van der Waals surface area contributed by atoms with Gasteiger partial charge < -0.3 is 19.7 Å². The molecule has 28 heavy (non-hydrogen) atoms. The average Bonchev–Trinajstić information content (AvgIpc) is 3.12. The molecule has 1 heterocycles. The van der Waals surface area contributed by atoms with Gasteiger partial charge in [-0.05, 0) is 24.6 Å². The maximum Gasteiger partial charge on any atom is 0.340 e. The van der Waals surface area contributed by atoms with Crippen LogP contribution in [0, 0.1) is 0 Å². The van der Waals surface area contributed by atoms with E-state index in [1.165, 1.54) is 0 Å². The number of carbonyl (C=O) groups excluding carboxylic acids is 1. The SMILES string of the molecule is CCOC(=O)c1cn(CC(O)CNc2ccccc2Cl)cc1-c1ccccc1. The lowest BCUT2D eigenvalue weighted by Crippen LogP contribution is -2.24. The first kappa shape index (κ1) is 20.0. The zero-order valence-corrected chi connectivity index (χ0v) is 16.4. The van der Waals surface area contributed by atoms with Gasteiger partial charge in [0.1, 0.15) is 0 Å². The van der Waals surface area contributed by atoms with E-state index in [9.17, 15) is 9.90 Å². The van der Waals surface area contributed by atoms with E-state index in [-0.39, 0.29) is 5.97 Å². The van der Waals surface area contributed by atoms with Crippen molar-refractivity contribution in [3.05, 3.63) is 77.6 Å². The van der Waals surface area contributed by atoms with Crippen molar-refractivity contribution in [2.45, 2.75) is 19.6 Å². The number of benzene rings is 2. The number of halogens is 1. The molecule has 0 spiro atoms. The van der Waals surface area contributed by atoms with Crippen LogP contribution in [0.5, 0.6) is 0 Å². The summed E-state index contributed by atoms with van der Waals surface area (Å²) >= 11 is 6.12. The molecule has 146 valence electrons. The minimum absolute atomic E-state index is 0.308. The molecule has 1 atom stereocenters. The number of hydrogen-bond donors (Lipinski definition) is 2. The van der Waals surface area contributed by atoms with Crippen molar-refractivity contribution in [1.82, 2.24) is 4.57 Å². The normalized spacial score (nSPS) is 11.8. The molecule has 0 saturated carbocycles. The first-order valence-corrected chi connectivity index (χ1v) is 9.55. The third-order valence-corrected chi connectivity index (χ3v) is 4.61. The molecule has 0 aliphatic carbocycles. The maximum absolute atomic E-state index is 12.4. The summed E-state index contributed by atoms with van der Waals surface area (Å²) in [6, 6.07) is 17.0. The summed E-state index contributed by atoms with van der Waals surface area (Å²) in [5.41, 5.74) is 2.96. The van der Waals surface area contributed by atoms with Gasteiger partial charge in [-0.2, -0.15) is 0 Å². The average molecular weight is 399 g/mol. The van der Waals surface area contributed by atoms with Crippen LogP contribution in [-0.2, 0) is 11.3 Å². The van der Waals surface area contributed by atoms with Gasteiger partial charge in [0.25, 0.3) is 0 Å². The molecule has 0 bridgehead atoms. The van der Waals surface area contributed by atoms with Crippen LogP contribution >= 0.6 is 11.6 Å². The summed E-state index contributed by atoms with van der Waals surface area (Å²) < 4.78 is 7.00. The van der Waals surface area contributed by atoms with Crippen LogP contribution in [0.1, 0.15) is 17.3 Å². The number of aliphatic hydroxyl groups excluding tert-OH is 1. The smallest absolute Gasteiger partial charge is 0.340 e. The van der Waals surface area contributed by atoms with Gasteiger partial charge in [0, 0.05) is 31.0 Å². The first-order chi connectivity index (χ1) is 13.6. The number of rotatable bonds is 8. The van der Waals surface area contributed by atoms with Crippen LogP contribution in [0.15, 0.2) is 67.0 Å². The highest BCUT2D eigenvalue weighted by Crippen LogP contribution is 2.26. The van der Waals surface area contributed by atoms with E-state index in [2.05, 4.69) is 5.32 Å². The number of anilines is 1. The van der Waals surface area contributed by atoms with E-state index in [1.807, 2.05) is 59.3 Å². The van der Waals surface area contributed by atoms with Gasteiger partial charge in [-0.3, -0.25) is 0 Å². The van der Waals surface area contributed by atoms with E-state index >= 15 is 0 Å². The van der Waals surface area contributed by atoms with Gasteiger partial charge in [0.2, 0.25) is 0 Å². The molecule has 5 nitrogen and oxygen atoms in total. The Morgan fingerprint density at radius 1 is 1.14 bits per heavy atom. The summed E-state index contributed by atoms with van der Waals surface area (Å²) in [4.78, 5) is 12.4. The number of esters is 1. The van der Waals surface area contributed by atoms with E-state index in [1.54, 1.807) is 19.2 Å². The van der Waals surface area contributed by atoms with Crippen molar-refractivity contribution in [2.75, 3.05) is 18.5 Å². The van der Waals surface area contributed by atoms with Crippen molar-refractivity contribution >= 4 is 23.3 Å². The minimum Gasteiger partial charge on any atom is -0.462 e. The van der Waals surface area contributed by atoms with Crippen LogP contribution < -0.4 is 5.32 Å². The summed E-state index contributed by atoms with van der Waals surface area (Å²) in [5.74, 6) is -0.371. The summed E-state index contributed by atoms with van der Waals surface area (Å²) in [6.07, 6.45) is 2.92. The summed E-state index contributed by atoms with van der Waals surface area (Å²) in [7, 11) is 0. The monoisotopic (exact) mass is 398 g/mol. The van der Waals surface area contributed by atoms with Crippen molar-refractivity contribution in [1.29, 1.82) is 0 Å². The van der Waals surface area contributed by atoms with Crippen LogP contribution in [0.3, 0.4) is 0 Å². The van der Waals surface area contributed by atoms with Crippen LogP contribution in [0.2, 0.25) is 5.02 Å². The number of hydrogen-bond acceptors (Lipinski definition) is 4. The quantitative estimate of drug-likeness (QED) is 0.550. The molecule has 1 unspecified atom stereocenters. The third-order valence-electron chi connectivity index (χ3n) is 4.28.